The van der Waals surface area contributed by atoms with Crippen LogP contribution in [0.3, 0.4) is 0 Å². The SMILES string of the molecule is CC(C)N(CCC#N)c1ccnc(Cl)n1. The third-order valence-electron chi connectivity index (χ3n) is 1.99. The molecule has 0 N–H and O–H groups in total. The summed E-state index contributed by atoms with van der Waals surface area (Å²) in [5, 5.41) is 8.79. The van der Waals surface area contributed by atoms with Crippen LogP contribution in [0.2, 0.25) is 5.28 Å². The minimum Gasteiger partial charge on any atom is -0.353 e. The van der Waals surface area contributed by atoms with Crippen LogP contribution in [-0.2, 0) is 0 Å². The first-order valence-electron chi connectivity index (χ1n) is 4.77. The molecule has 1 rings (SSSR count). The molecule has 15 heavy (non-hydrogen) atoms. The summed E-state index contributed by atoms with van der Waals surface area (Å²) in [6.45, 7) is 4.75. The van der Waals surface area contributed by atoms with Crippen molar-refractivity contribution < 1.29 is 0 Å². The average molecular weight is 225 g/mol. The van der Waals surface area contributed by atoms with Crippen LogP contribution in [0.15, 0.2) is 12.3 Å². The van der Waals surface area contributed by atoms with Gasteiger partial charge in [-0.15, -0.1) is 0 Å². The first-order chi connectivity index (χ1) is 7.15. The maximum atomic E-state index is 8.56. The molecule has 0 amide bonds. The molecule has 1 aromatic heterocycles. The fourth-order valence-electron chi connectivity index (χ4n) is 1.29. The summed E-state index contributed by atoms with van der Waals surface area (Å²) in [5.41, 5.74) is 0. The standard InChI is InChI=1S/C10H13ClN4/c1-8(2)15(7-3-5-12)9-4-6-13-10(11)14-9/h4,6,8H,3,7H2,1-2H3. The van der Waals surface area contributed by atoms with E-state index in [2.05, 4.69) is 16.0 Å². The van der Waals surface area contributed by atoms with Crippen LogP contribution in [0.1, 0.15) is 20.3 Å². The second kappa shape index (κ2) is 5.52. The summed E-state index contributed by atoms with van der Waals surface area (Å²) >= 11 is 5.71. The minimum absolute atomic E-state index is 0.232. The van der Waals surface area contributed by atoms with Crippen molar-refractivity contribution in [3.05, 3.63) is 17.5 Å². The molecule has 4 nitrogen and oxygen atoms in total. The number of hydrogen-bond donors (Lipinski definition) is 0. The highest BCUT2D eigenvalue weighted by Crippen LogP contribution is 2.15. The van der Waals surface area contributed by atoms with Crippen LogP contribution in [-0.4, -0.2) is 22.6 Å². The third-order valence-corrected chi connectivity index (χ3v) is 2.18. The van der Waals surface area contributed by atoms with E-state index in [1.807, 2.05) is 18.7 Å². The average Bonchev–Trinajstić information content (AvgIpc) is 2.18. The van der Waals surface area contributed by atoms with Crippen molar-refractivity contribution >= 4 is 17.4 Å². The molecule has 0 saturated heterocycles. The Morgan fingerprint density at radius 3 is 2.87 bits per heavy atom. The second-order valence-electron chi connectivity index (χ2n) is 3.38. The molecule has 80 valence electrons. The smallest absolute Gasteiger partial charge is 0.224 e. The van der Waals surface area contributed by atoms with Crippen LogP contribution in [0.4, 0.5) is 5.82 Å². The zero-order valence-corrected chi connectivity index (χ0v) is 9.57. The maximum absolute atomic E-state index is 8.56. The predicted molar refractivity (Wildman–Crippen MR) is 59.8 cm³/mol. The molecule has 0 aliphatic heterocycles. The zero-order valence-electron chi connectivity index (χ0n) is 8.81. The van der Waals surface area contributed by atoms with Crippen molar-refractivity contribution in [2.45, 2.75) is 26.3 Å². The van der Waals surface area contributed by atoms with Crippen molar-refractivity contribution in [1.29, 1.82) is 5.26 Å². The third kappa shape index (κ3) is 3.37. The van der Waals surface area contributed by atoms with Gasteiger partial charge in [0.2, 0.25) is 5.28 Å². The highest BCUT2D eigenvalue weighted by atomic mass is 35.5. The van der Waals surface area contributed by atoms with Crippen LogP contribution >= 0.6 is 11.6 Å². The fourth-order valence-corrected chi connectivity index (χ4v) is 1.44. The molecule has 0 saturated carbocycles. The topological polar surface area (TPSA) is 52.8 Å². The van der Waals surface area contributed by atoms with E-state index in [1.165, 1.54) is 0 Å². The molecule has 0 unspecified atom stereocenters. The lowest BCUT2D eigenvalue weighted by atomic mass is 10.3. The molecule has 0 radical (unpaired) electrons. The molecule has 0 aromatic carbocycles. The minimum atomic E-state index is 0.232. The number of nitriles is 1. The lowest BCUT2D eigenvalue weighted by Crippen LogP contribution is -2.32. The van der Waals surface area contributed by atoms with Gasteiger partial charge in [0.25, 0.3) is 0 Å². The Morgan fingerprint density at radius 2 is 2.33 bits per heavy atom. The van der Waals surface area contributed by atoms with Crippen LogP contribution in [0.25, 0.3) is 0 Å². The summed E-state index contributed by atoms with van der Waals surface area (Å²) in [4.78, 5) is 9.97. The number of rotatable bonds is 4. The van der Waals surface area contributed by atoms with Crippen molar-refractivity contribution in [2.75, 3.05) is 11.4 Å². The highest BCUT2D eigenvalue weighted by Gasteiger charge is 2.11. The van der Waals surface area contributed by atoms with Gasteiger partial charge >= 0.3 is 0 Å². The largest absolute Gasteiger partial charge is 0.353 e. The molecular formula is C10H13ClN4. The van der Waals surface area contributed by atoms with Crippen molar-refractivity contribution in [3.8, 4) is 6.07 Å². The van der Waals surface area contributed by atoms with E-state index in [-0.39, 0.29) is 11.3 Å². The highest BCUT2D eigenvalue weighted by molar-refractivity contribution is 6.28. The van der Waals surface area contributed by atoms with E-state index in [0.29, 0.717) is 13.0 Å². The summed E-state index contributed by atoms with van der Waals surface area (Å²) < 4.78 is 0. The summed E-state index contributed by atoms with van der Waals surface area (Å²) in [6.07, 6.45) is 2.09. The molecule has 5 heteroatoms. The Kier molecular flexibility index (Phi) is 4.32. The van der Waals surface area contributed by atoms with E-state index in [1.54, 1.807) is 12.3 Å². The molecule has 0 aliphatic carbocycles. The molecule has 0 spiro atoms. The van der Waals surface area contributed by atoms with Crippen LogP contribution < -0.4 is 4.90 Å². The number of halogens is 1. The van der Waals surface area contributed by atoms with Gasteiger partial charge < -0.3 is 4.90 Å². The van der Waals surface area contributed by atoms with Crippen LogP contribution in [0, 0.1) is 11.3 Å². The van der Waals surface area contributed by atoms with Crippen LogP contribution in [0.5, 0.6) is 0 Å². The first kappa shape index (κ1) is 11.7. The molecular weight excluding hydrogens is 212 g/mol. The lowest BCUT2D eigenvalue weighted by molar-refractivity contribution is 0.676. The van der Waals surface area contributed by atoms with E-state index >= 15 is 0 Å². The number of anilines is 1. The number of nitrogens with zero attached hydrogens (tertiary/aromatic N) is 4. The van der Waals surface area contributed by atoms with Gasteiger partial charge in [0.1, 0.15) is 5.82 Å². The van der Waals surface area contributed by atoms with E-state index in [0.717, 1.165) is 5.82 Å². The zero-order chi connectivity index (χ0) is 11.3. The van der Waals surface area contributed by atoms with Gasteiger partial charge in [0.15, 0.2) is 0 Å². The van der Waals surface area contributed by atoms with E-state index in [4.69, 9.17) is 16.9 Å². The van der Waals surface area contributed by atoms with Gasteiger partial charge in [-0.2, -0.15) is 5.26 Å². The molecule has 0 atom stereocenters. The van der Waals surface area contributed by atoms with E-state index < -0.39 is 0 Å². The molecule has 0 fully saturated rings. The Labute approximate surface area is 94.5 Å². The normalized spacial score (nSPS) is 10.1. The quantitative estimate of drug-likeness (QED) is 0.737. The van der Waals surface area contributed by atoms with Gasteiger partial charge in [-0.25, -0.2) is 9.97 Å². The Morgan fingerprint density at radius 1 is 1.60 bits per heavy atom. The maximum Gasteiger partial charge on any atom is 0.224 e. The first-order valence-corrected chi connectivity index (χ1v) is 5.15. The number of aromatic nitrogens is 2. The van der Waals surface area contributed by atoms with Gasteiger partial charge in [0.05, 0.1) is 12.5 Å². The molecule has 1 heterocycles. The summed E-state index contributed by atoms with van der Waals surface area (Å²) in [7, 11) is 0. The molecule has 0 bridgehead atoms. The van der Waals surface area contributed by atoms with Gasteiger partial charge in [-0.1, -0.05) is 0 Å². The fraction of sp³-hybridized carbons (Fsp3) is 0.500. The predicted octanol–water partition coefficient (Wildman–Crippen LogP) is 2.26. The van der Waals surface area contributed by atoms with Crippen molar-refractivity contribution in [1.82, 2.24) is 9.97 Å². The molecule has 0 aliphatic rings. The van der Waals surface area contributed by atoms with Crippen molar-refractivity contribution in [2.24, 2.45) is 0 Å². The summed E-state index contributed by atoms with van der Waals surface area (Å²) in [6, 6.07) is 4.20. The van der Waals surface area contributed by atoms with Gasteiger partial charge in [0, 0.05) is 18.8 Å². The number of hydrogen-bond acceptors (Lipinski definition) is 4. The lowest BCUT2D eigenvalue weighted by Gasteiger charge is -2.26. The Hall–Kier alpha value is -1.34. The van der Waals surface area contributed by atoms with Crippen molar-refractivity contribution in [3.63, 3.8) is 0 Å². The monoisotopic (exact) mass is 224 g/mol. The van der Waals surface area contributed by atoms with E-state index in [9.17, 15) is 0 Å². The summed E-state index contributed by atoms with van der Waals surface area (Å²) in [5.74, 6) is 0.764. The van der Waals surface area contributed by atoms with Gasteiger partial charge in [-0.3, -0.25) is 0 Å². The second-order valence-corrected chi connectivity index (χ2v) is 3.72. The molecule has 1 aromatic rings. The Balaban J connectivity index is 2.84. The van der Waals surface area contributed by atoms with Gasteiger partial charge in [-0.05, 0) is 31.5 Å². The Bertz CT molecular complexity index is 359.